The van der Waals surface area contributed by atoms with E-state index >= 15 is 0 Å². The average molecular weight is 505 g/mol. The van der Waals surface area contributed by atoms with Crippen LogP contribution < -0.4 is 0 Å². The fourth-order valence-corrected chi connectivity index (χ4v) is 7.64. The van der Waals surface area contributed by atoms with Gasteiger partial charge in [-0.25, -0.2) is 4.79 Å². The Kier molecular flexibility index (Phi) is 8.17. The Labute approximate surface area is 215 Å². The van der Waals surface area contributed by atoms with Crippen molar-refractivity contribution in [1.82, 2.24) is 9.80 Å². The minimum atomic E-state index is -1.11. The number of carbonyl (C=O) groups is 1. The molecule has 35 heavy (non-hydrogen) atoms. The minimum absolute atomic E-state index is 0.0545. The summed E-state index contributed by atoms with van der Waals surface area (Å²) in [5, 5.41) is 12.1. The van der Waals surface area contributed by atoms with Gasteiger partial charge in [-0.1, -0.05) is 65.0 Å². The van der Waals surface area contributed by atoms with E-state index in [2.05, 4.69) is 63.8 Å². The monoisotopic (exact) mass is 504 g/mol. The average Bonchev–Trinajstić information content (AvgIpc) is 3.01. The maximum Gasteiger partial charge on any atom is 0.412 e. The topological polar surface area (TPSA) is 62.2 Å². The van der Waals surface area contributed by atoms with E-state index in [9.17, 15) is 9.90 Å². The van der Waals surface area contributed by atoms with Gasteiger partial charge in [-0.05, 0) is 69.5 Å². The van der Waals surface area contributed by atoms with Crippen LogP contribution in [0, 0.1) is 22.7 Å². The summed E-state index contributed by atoms with van der Waals surface area (Å²) in [5.74, 6) is 0.197. The summed E-state index contributed by atoms with van der Waals surface area (Å²) < 4.78 is 12.3. The molecule has 3 atom stereocenters. The third kappa shape index (κ3) is 5.63. The maximum atomic E-state index is 13.6. The predicted octanol–water partition coefficient (Wildman–Crippen LogP) is 4.19. The van der Waals surface area contributed by atoms with Gasteiger partial charge in [0.25, 0.3) is 0 Å². The van der Waals surface area contributed by atoms with Crippen LogP contribution in [0.25, 0.3) is 0 Å². The summed E-state index contributed by atoms with van der Waals surface area (Å²) in [6.07, 6.45) is 0.570. The van der Waals surface area contributed by atoms with Crippen molar-refractivity contribution in [3.05, 3.63) is 35.9 Å². The molecule has 1 aromatic rings. The fraction of sp³-hybridized carbons (Fsp3) is 0.750. The van der Waals surface area contributed by atoms with Crippen molar-refractivity contribution in [2.45, 2.75) is 92.2 Å². The van der Waals surface area contributed by atoms with Crippen LogP contribution in [-0.4, -0.2) is 68.5 Å². The molecule has 198 valence electrons. The minimum Gasteiger partial charge on any atom is -0.444 e. The molecular formula is C28H48N2O4Si. The van der Waals surface area contributed by atoms with Gasteiger partial charge in [0, 0.05) is 18.5 Å². The molecule has 2 fully saturated rings. The second-order valence-electron chi connectivity index (χ2n) is 13.2. The molecule has 0 saturated carbocycles. The summed E-state index contributed by atoms with van der Waals surface area (Å²) in [4.78, 5) is 17.8. The summed E-state index contributed by atoms with van der Waals surface area (Å²) in [5.41, 5.74) is -0.932. The van der Waals surface area contributed by atoms with E-state index in [1.807, 2.05) is 26.8 Å². The summed E-state index contributed by atoms with van der Waals surface area (Å²) in [7, 11) is 0.408. The van der Waals surface area contributed by atoms with Crippen molar-refractivity contribution in [3.8, 4) is 0 Å². The van der Waals surface area contributed by atoms with Gasteiger partial charge in [-0.15, -0.1) is 0 Å². The van der Waals surface area contributed by atoms with Crippen LogP contribution in [0.3, 0.4) is 0 Å². The van der Waals surface area contributed by atoms with Crippen LogP contribution in [0.5, 0.6) is 0 Å². The number of amides is 1. The molecule has 0 aliphatic carbocycles. The van der Waals surface area contributed by atoms with Crippen LogP contribution in [0.4, 0.5) is 4.79 Å². The van der Waals surface area contributed by atoms with Crippen molar-refractivity contribution >= 4 is 16.6 Å². The zero-order chi connectivity index (χ0) is 26.2. The Morgan fingerprint density at radius 2 is 1.69 bits per heavy atom. The number of piperidine rings is 1. The first-order chi connectivity index (χ1) is 16.1. The van der Waals surface area contributed by atoms with E-state index < -0.39 is 28.9 Å². The summed E-state index contributed by atoms with van der Waals surface area (Å²) in [6, 6.07) is 10.5. The lowest BCUT2D eigenvalue weighted by Crippen LogP contribution is -2.66. The molecule has 0 aromatic heterocycles. The molecule has 1 N–H and O–H groups in total. The molecule has 0 spiro atoms. The molecule has 0 bridgehead atoms. The zero-order valence-electron chi connectivity index (χ0n) is 23.4. The Hall–Kier alpha value is -1.41. The number of aliphatic hydroxyl groups excluding tert-OH is 1. The highest BCUT2D eigenvalue weighted by Gasteiger charge is 2.68. The van der Waals surface area contributed by atoms with E-state index in [-0.39, 0.29) is 17.3 Å². The first-order valence-corrected chi connectivity index (χ1v) is 13.9. The smallest absolute Gasteiger partial charge is 0.412 e. The number of nitrogens with zero attached hydrogens (tertiary/aromatic N) is 2. The number of rotatable bonds is 5. The van der Waals surface area contributed by atoms with Crippen molar-refractivity contribution in [3.63, 3.8) is 0 Å². The van der Waals surface area contributed by atoms with Crippen LogP contribution in [0.2, 0.25) is 0 Å². The van der Waals surface area contributed by atoms with Crippen LogP contribution in [0.15, 0.2) is 30.3 Å². The van der Waals surface area contributed by atoms with E-state index in [1.54, 1.807) is 4.90 Å². The molecule has 1 aromatic carbocycles. The third-order valence-electron chi connectivity index (χ3n) is 8.26. The highest BCUT2D eigenvalue weighted by atomic mass is 28.2. The zero-order valence-corrected chi connectivity index (χ0v) is 25.4. The molecular weight excluding hydrogens is 456 g/mol. The quantitative estimate of drug-likeness (QED) is 0.609. The Balaban J connectivity index is 1.87. The van der Waals surface area contributed by atoms with Gasteiger partial charge in [-0.3, -0.25) is 9.80 Å². The lowest BCUT2D eigenvalue weighted by molar-refractivity contribution is -0.206. The standard InChI is InChI=1S/C28H48N2O4Si/c1-25(2,3)22-19-30(24(32)33-26(4,5)6)28(34-35,27(22,7)8)23(31)21-14-16-29(17-15-21)18-20-12-10-9-11-13-20/h9-13,21-23,31H,14-19H2,1-8,35H3/t22-,23?,28-/m1/s1. The van der Waals surface area contributed by atoms with Gasteiger partial charge < -0.3 is 14.3 Å². The summed E-state index contributed by atoms with van der Waals surface area (Å²) in [6.45, 7) is 19.9. The van der Waals surface area contributed by atoms with Gasteiger partial charge in [0.1, 0.15) is 22.2 Å². The van der Waals surface area contributed by atoms with Gasteiger partial charge in [0.2, 0.25) is 0 Å². The second kappa shape index (κ2) is 10.2. The van der Waals surface area contributed by atoms with Crippen LogP contribution in [0.1, 0.15) is 73.8 Å². The maximum absolute atomic E-state index is 13.6. The molecule has 2 aliphatic rings. The molecule has 1 unspecified atom stereocenters. The van der Waals surface area contributed by atoms with E-state index in [4.69, 9.17) is 9.16 Å². The molecule has 0 radical (unpaired) electrons. The van der Waals surface area contributed by atoms with E-state index in [0.29, 0.717) is 17.0 Å². The molecule has 2 saturated heterocycles. The number of benzene rings is 1. The summed E-state index contributed by atoms with van der Waals surface area (Å²) >= 11 is 0. The SMILES string of the molecule is CC(C)(C)OC(=O)N1C[C@H](C(C)(C)C)C(C)(C)[C@]1(O[SiH3])C(O)C1CCN(Cc2ccccc2)CC1. The molecule has 3 rings (SSSR count). The second-order valence-corrected chi connectivity index (χ2v) is 13.6. The Morgan fingerprint density at radius 3 is 2.17 bits per heavy atom. The Morgan fingerprint density at radius 1 is 1.11 bits per heavy atom. The normalized spacial score (nSPS) is 27.2. The van der Waals surface area contributed by atoms with Gasteiger partial charge in [0.05, 0.1) is 0 Å². The van der Waals surface area contributed by atoms with E-state index in [1.165, 1.54) is 5.56 Å². The first kappa shape index (κ1) is 28.2. The van der Waals surface area contributed by atoms with Gasteiger partial charge in [-0.2, -0.15) is 0 Å². The van der Waals surface area contributed by atoms with Gasteiger partial charge in [0.15, 0.2) is 5.72 Å². The van der Waals surface area contributed by atoms with E-state index in [0.717, 1.165) is 32.5 Å². The first-order valence-electron chi connectivity index (χ1n) is 13.1. The van der Waals surface area contributed by atoms with Crippen molar-refractivity contribution in [1.29, 1.82) is 0 Å². The predicted molar refractivity (Wildman–Crippen MR) is 144 cm³/mol. The number of aliphatic hydroxyl groups is 1. The van der Waals surface area contributed by atoms with Crippen molar-refractivity contribution < 1.29 is 19.1 Å². The number of likely N-dealkylation sites (tertiary alicyclic amines) is 2. The number of ether oxygens (including phenoxy) is 1. The number of hydrogen-bond acceptors (Lipinski definition) is 5. The number of hydrogen-bond donors (Lipinski definition) is 1. The highest BCUT2D eigenvalue weighted by Crippen LogP contribution is 2.58. The molecule has 2 heterocycles. The van der Waals surface area contributed by atoms with Crippen molar-refractivity contribution in [2.75, 3.05) is 19.6 Å². The number of carbonyl (C=O) groups excluding carboxylic acids is 1. The molecule has 2 aliphatic heterocycles. The molecule has 6 nitrogen and oxygen atoms in total. The van der Waals surface area contributed by atoms with Gasteiger partial charge >= 0.3 is 6.09 Å². The van der Waals surface area contributed by atoms with Crippen LogP contribution in [-0.2, 0) is 15.7 Å². The fourth-order valence-electron chi connectivity index (χ4n) is 6.65. The van der Waals surface area contributed by atoms with Crippen LogP contribution >= 0.6 is 0 Å². The van der Waals surface area contributed by atoms with Crippen molar-refractivity contribution in [2.24, 2.45) is 22.7 Å². The highest BCUT2D eigenvalue weighted by molar-refractivity contribution is 5.98. The molecule has 7 heteroatoms. The third-order valence-corrected chi connectivity index (χ3v) is 8.88. The molecule has 1 amide bonds. The lowest BCUT2D eigenvalue weighted by atomic mass is 9.61. The Bertz CT molecular complexity index is 856. The largest absolute Gasteiger partial charge is 0.444 e. The lowest BCUT2D eigenvalue weighted by Gasteiger charge is -2.53.